The molecule has 0 bridgehead atoms. The number of aryl methyl sites for hydroxylation is 1. The molecule has 0 unspecified atom stereocenters. The zero-order valence-corrected chi connectivity index (χ0v) is 9.81. The van der Waals surface area contributed by atoms with Gasteiger partial charge >= 0.3 is 5.76 Å². The van der Waals surface area contributed by atoms with Crippen LogP contribution in [0.5, 0.6) is 0 Å². The highest BCUT2D eigenvalue weighted by Crippen LogP contribution is 2.12. The summed E-state index contributed by atoms with van der Waals surface area (Å²) in [6, 6.07) is 7.28. The molecule has 0 spiro atoms. The number of fused-ring (bicyclic) bond motifs is 1. The van der Waals surface area contributed by atoms with E-state index in [1.807, 2.05) is 18.2 Å². The highest BCUT2D eigenvalue weighted by molar-refractivity contribution is 8.13. The molecule has 4 N–H and O–H groups in total. The summed E-state index contributed by atoms with van der Waals surface area (Å²) in [5, 5.41) is 3.64. The molecule has 2 aromatic rings. The average molecular weight is 252 g/mol. The SMILES string of the molecule is NN=C(N)SCCn1c(=O)oc2ccccc21. The van der Waals surface area contributed by atoms with Gasteiger partial charge in [-0.15, -0.1) is 0 Å². The number of para-hydroxylation sites is 2. The van der Waals surface area contributed by atoms with Gasteiger partial charge in [0.1, 0.15) is 0 Å². The number of nitrogens with two attached hydrogens (primary N) is 2. The largest absolute Gasteiger partial charge is 0.419 e. The topological polar surface area (TPSA) is 99.5 Å². The van der Waals surface area contributed by atoms with E-state index in [4.69, 9.17) is 16.0 Å². The normalized spacial score (nSPS) is 12.1. The van der Waals surface area contributed by atoms with Crippen LogP contribution in [0.15, 0.2) is 38.6 Å². The van der Waals surface area contributed by atoms with Gasteiger partial charge in [0.25, 0.3) is 0 Å². The van der Waals surface area contributed by atoms with Gasteiger partial charge < -0.3 is 16.0 Å². The zero-order chi connectivity index (χ0) is 12.3. The van der Waals surface area contributed by atoms with Crippen molar-refractivity contribution < 1.29 is 4.42 Å². The van der Waals surface area contributed by atoms with Gasteiger partial charge in [-0.05, 0) is 12.1 Å². The number of oxazole rings is 1. The van der Waals surface area contributed by atoms with Crippen LogP contribution in [-0.2, 0) is 6.54 Å². The third kappa shape index (κ3) is 2.44. The summed E-state index contributed by atoms with van der Waals surface area (Å²) in [7, 11) is 0. The number of aromatic nitrogens is 1. The second-order valence-electron chi connectivity index (χ2n) is 3.30. The lowest BCUT2D eigenvalue weighted by atomic mass is 10.3. The number of amidine groups is 1. The Bertz CT molecular complexity index is 602. The van der Waals surface area contributed by atoms with E-state index < -0.39 is 0 Å². The first-order valence-corrected chi connectivity index (χ1v) is 5.95. The lowest BCUT2D eigenvalue weighted by Crippen LogP contribution is -2.17. The molecular formula is C10H12N4O2S. The smallest absolute Gasteiger partial charge is 0.408 e. The Hall–Kier alpha value is -1.89. The Morgan fingerprint density at radius 2 is 2.24 bits per heavy atom. The predicted octanol–water partition coefficient (Wildman–Crippen LogP) is 0.516. The zero-order valence-electron chi connectivity index (χ0n) is 9.00. The van der Waals surface area contributed by atoms with E-state index in [9.17, 15) is 4.79 Å². The molecule has 1 aromatic heterocycles. The van der Waals surface area contributed by atoms with Gasteiger partial charge in [-0.1, -0.05) is 23.9 Å². The van der Waals surface area contributed by atoms with E-state index >= 15 is 0 Å². The third-order valence-corrected chi connectivity index (χ3v) is 3.05. The first-order chi connectivity index (χ1) is 8.22. The summed E-state index contributed by atoms with van der Waals surface area (Å²) in [5.74, 6) is 5.25. The van der Waals surface area contributed by atoms with Crippen LogP contribution in [0.2, 0.25) is 0 Å². The molecule has 6 nitrogen and oxygen atoms in total. The quantitative estimate of drug-likeness (QED) is 0.359. The van der Waals surface area contributed by atoms with Crippen LogP contribution in [0, 0.1) is 0 Å². The number of benzene rings is 1. The molecule has 17 heavy (non-hydrogen) atoms. The molecule has 2 rings (SSSR count). The van der Waals surface area contributed by atoms with Crippen molar-refractivity contribution in [3.63, 3.8) is 0 Å². The molecule has 0 aliphatic rings. The Morgan fingerprint density at radius 3 is 3.00 bits per heavy atom. The molecule has 1 aromatic carbocycles. The van der Waals surface area contributed by atoms with Gasteiger partial charge in [0, 0.05) is 12.3 Å². The maximum Gasteiger partial charge on any atom is 0.419 e. The number of hydrazone groups is 1. The monoisotopic (exact) mass is 252 g/mol. The van der Waals surface area contributed by atoms with Crippen molar-refractivity contribution in [3.8, 4) is 0 Å². The van der Waals surface area contributed by atoms with E-state index in [1.165, 1.54) is 11.8 Å². The van der Waals surface area contributed by atoms with Crippen molar-refractivity contribution in [3.05, 3.63) is 34.8 Å². The molecule has 0 fully saturated rings. The number of hydrogen-bond donors (Lipinski definition) is 2. The fraction of sp³-hybridized carbons (Fsp3) is 0.200. The van der Waals surface area contributed by atoms with E-state index in [0.29, 0.717) is 23.0 Å². The first-order valence-electron chi connectivity index (χ1n) is 4.97. The maximum atomic E-state index is 11.6. The maximum absolute atomic E-state index is 11.6. The molecule has 0 saturated carbocycles. The molecule has 0 radical (unpaired) electrons. The van der Waals surface area contributed by atoms with Crippen molar-refractivity contribution in [1.29, 1.82) is 0 Å². The highest BCUT2D eigenvalue weighted by atomic mass is 32.2. The van der Waals surface area contributed by atoms with Gasteiger partial charge in [-0.3, -0.25) is 4.57 Å². The Morgan fingerprint density at radius 1 is 1.47 bits per heavy atom. The Kier molecular flexibility index (Phi) is 3.38. The lowest BCUT2D eigenvalue weighted by molar-refractivity contribution is 0.514. The molecule has 0 aliphatic carbocycles. The van der Waals surface area contributed by atoms with E-state index in [-0.39, 0.29) is 5.76 Å². The minimum Gasteiger partial charge on any atom is -0.408 e. The third-order valence-electron chi connectivity index (χ3n) is 2.27. The Balaban J connectivity index is 2.18. The van der Waals surface area contributed by atoms with E-state index in [2.05, 4.69) is 5.10 Å². The molecule has 0 aliphatic heterocycles. The van der Waals surface area contributed by atoms with Gasteiger partial charge in [0.15, 0.2) is 10.8 Å². The minimum absolute atomic E-state index is 0.297. The number of hydrogen-bond acceptors (Lipinski definition) is 5. The van der Waals surface area contributed by atoms with Crippen LogP contribution in [0.4, 0.5) is 0 Å². The van der Waals surface area contributed by atoms with Crippen LogP contribution in [0.3, 0.4) is 0 Å². The second kappa shape index (κ2) is 4.96. The van der Waals surface area contributed by atoms with Crippen LogP contribution < -0.4 is 17.3 Å². The van der Waals surface area contributed by atoms with Gasteiger partial charge in [0.2, 0.25) is 0 Å². The van der Waals surface area contributed by atoms with Gasteiger partial charge in [-0.25, -0.2) is 4.79 Å². The summed E-state index contributed by atoms with van der Waals surface area (Å²) in [4.78, 5) is 11.6. The fourth-order valence-corrected chi connectivity index (χ4v) is 2.06. The molecule has 0 atom stereocenters. The second-order valence-corrected chi connectivity index (χ2v) is 4.42. The molecule has 1 heterocycles. The lowest BCUT2D eigenvalue weighted by Gasteiger charge is -2.01. The predicted molar refractivity (Wildman–Crippen MR) is 68.7 cm³/mol. The molecule has 7 heteroatoms. The number of rotatable bonds is 3. The van der Waals surface area contributed by atoms with Crippen molar-refractivity contribution in [1.82, 2.24) is 4.57 Å². The van der Waals surface area contributed by atoms with Crippen LogP contribution in [0.1, 0.15) is 0 Å². The summed E-state index contributed by atoms with van der Waals surface area (Å²) < 4.78 is 6.66. The van der Waals surface area contributed by atoms with Crippen LogP contribution in [-0.4, -0.2) is 15.5 Å². The highest BCUT2D eigenvalue weighted by Gasteiger charge is 2.07. The molecule has 0 saturated heterocycles. The van der Waals surface area contributed by atoms with Crippen molar-refractivity contribution in [2.75, 3.05) is 5.75 Å². The standard InChI is InChI=1S/C10H12N4O2S/c11-9(13-12)17-6-5-14-7-3-1-2-4-8(7)16-10(14)15/h1-4H,5-6,12H2,(H2,11,13). The van der Waals surface area contributed by atoms with Crippen molar-refractivity contribution >= 4 is 28.0 Å². The number of nitrogens with zero attached hydrogens (tertiary/aromatic N) is 2. The van der Waals surface area contributed by atoms with Gasteiger partial charge in [-0.2, -0.15) is 5.10 Å². The van der Waals surface area contributed by atoms with Gasteiger partial charge in [0.05, 0.1) is 5.52 Å². The molecular weight excluding hydrogens is 240 g/mol. The van der Waals surface area contributed by atoms with Crippen LogP contribution in [0.25, 0.3) is 11.1 Å². The van der Waals surface area contributed by atoms with Crippen LogP contribution >= 0.6 is 11.8 Å². The summed E-state index contributed by atoms with van der Waals surface area (Å²) >= 11 is 1.29. The first kappa shape index (κ1) is 11.6. The molecule has 90 valence electrons. The number of thioether (sulfide) groups is 1. The average Bonchev–Trinajstić information content (AvgIpc) is 2.66. The summed E-state index contributed by atoms with van der Waals surface area (Å²) in [6.45, 7) is 0.497. The fourth-order valence-electron chi connectivity index (χ4n) is 1.50. The molecule has 0 amide bonds. The van der Waals surface area contributed by atoms with Crippen molar-refractivity contribution in [2.45, 2.75) is 6.54 Å². The van der Waals surface area contributed by atoms with Crippen molar-refractivity contribution in [2.24, 2.45) is 16.7 Å². The van der Waals surface area contributed by atoms with E-state index in [1.54, 1.807) is 10.6 Å². The Labute approximate surface area is 101 Å². The van der Waals surface area contributed by atoms with E-state index in [0.717, 1.165) is 5.52 Å². The summed E-state index contributed by atoms with van der Waals surface area (Å²) in [5.41, 5.74) is 6.81. The summed E-state index contributed by atoms with van der Waals surface area (Å²) in [6.07, 6.45) is 0. The minimum atomic E-state index is -0.366.